The minimum atomic E-state index is -1.83. The third-order valence-corrected chi connectivity index (χ3v) is 2.07. The smallest absolute Gasteiger partial charge is 0.199 e. The fourth-order valence-corrected chi connectivity index (χ4v) is 1.30. The van der Waals surface area contributed by atoms with Crippen LogP contribution < -0.4 is 0 Å². The van der Waals surface area contributed by atoms with Crippen molar-refractivity contribution in [1.29, 1.82) is 0 Å². The molecule has 0 radical (unpaired) electrons. The molecule has 0 saturated heterocycles. The average Bonchev–Trinajstić information content (AvgIpc) is 2.67. The predicted molar refractivity (Wildman–Crippen MR) is 48.1 cm³/mol. The lowest BCUT2D eigenvalue weighted by molar-refractivity contribution is 0.407. The maximum Gasteiger partial charge on any atom is 0.199 e. The number of rotatable bonds is 1. The van der Waals surface area contributed by atoms with Crippen LogP contribution in [0.15, 0.2) is 18.6 Å². The molecule has 1 aromatic heterocycles. The Labute approximate surface area is 88.2 Å². The molecule has 0 spiro atoms. The van der Waals surface area contributed by atoms with Gasteiger partial charge in [0, 0.05) is 12.3 Å². The van der Waals surface area contributed by atoms with Crippen molar-refractivity contribution in [3.05, 3.63) is 47.6 Å². The number of imidazole rings is 1. The lowest BCUT2D eigenvalue weighted by Crippen LogP contribution is -2.03. The topological polar surface area (TPSA) is 17.8 Å². The zero-order chi connectivity index (χ0) is 11.9. The van der Waals surface area contributed by atoms with Crippen LogP contribution in [0, 0.1) is 30.2 Å². The first-order valence-corrected chi connectivity index (χ1v) is 4.34. The van der Waals surface area contributed by atoms with E-state index in [1.165, 1.54) is 12.5 Å². The van der Waals surface area contributed by atoms with Crippen molar-refractivity contribution in [2.75, 3.05) is 0 Å². The third-order valence-electron chi connectivity index (χ3n) is 2.07. The first kappa shape index (κ1) is 10.7. The van der Waals surface area contributed by atoms with Gasteiger partial charge in [0.05, 0.1) is 17.7 Å². The molecule has 0 aliphatic rings. The van der Waals surface area contributed by atoms with Crippen LogP contribution >= 0.6 is 0 Å². The van der Waals surface area contributed by atoms with Gasteiger partial charge in [0.1, 0.15) is 0 Å². The predicted octanol–water partition coefficient (Wildman–Crippen LogP) is 2.74. The quantitative estimate of drug-likeness (QED) is 0.418. The molecule has 16 heavy (non-hydrogen) atoms. The normalized spacial score (nSPS) is 10.8. The molecule has 1 heterocycles. The van der Waals surface area contributed by atoms with Gasteiger partial charge in [0.15, 0.2) is 23.3 Å². The number of hydrogen-bond donors (Lipinski definition) is 0. The number of hydrogen-bond acceptors (Lipinski definition) is 1. The molecule has 2 aromatic rings. The number of benzene rings is 1. The number of aromatic nitrogens is 2. The first-order valence-electron chi connectivity index (χ1n) is 4.34. The van der Waals surface area contributed by atoms with Gasteiger partial charge in [-0.15, -0.1) is 0 Å². The molecular weight excluding hydrogens is 224 g/mol. The molecule has 0 atom stereocenters. The molecule has 2 rings (SSSR count). The first-order chi connectivity index (χ1) is 7.50. The molecular formula is C10H6F4N2. The van der Waals surface area contributed by atoms with E-state index in [9.17, 15) is 17.6 Å². The molecule has 0 unspecified atom stereocenters. The fraction of sp³-hybridized carbons (Fsp3) is 0.100. The molecule has 0 bridgehead atoms. The third kappa shape index (κ3) is 1.56. The second-order valence-electron chi connectivity index (χ2n) is 3.24. The minimum Gasteiger partial charge on any atom is -0.303 e. The van der Waals surface area contributed by atoms with Crippen molar-refractivity contribution in [1.82, 2.24) is 9.55 Å². The molecule has 2 nitrogen and oxygen atoms in total. The van der Waals surface area contributed by atoms with Gasteiger partial charge in [-0.25, -0.2) is 22.5 Å². The highest BCUT2D eigenvalue weighted by atomic mass is 19.2. The zero-order valence-electron chi connectivity index (χ0n) is 8.14. The van der Waals surface area contributed by atoms with Gasteiger partial charge in [0.25, 0.3) is 0 Å². The van der Waals surface area contributed by atoms with Gasteiger partial charge in [0.2, 0.25) is 0 Å². The highest BCUT2D eigenvalue weighted by Gasteiger charge is 2.19. The van der Waals surface area contributed by atoms with Crippen molar-refractivity contribution >= 4 is 0 Å². The van der Waals surface area contributed by atoms with Crippen LogP contribution in [-0.2, 0) is 0 Å². The van der Waals surface area contributed by atoms with E-state index >= 15 is 0 Å². The van der Waals surface area contributed by atoms with Crippen molar-refractivity contribution in [2.24, 2.45) is 0 Å². The Balaban J connectivity index is 2.66. The van der Waals surface area contributed by atoms with E-state index in [2.05, 4.69) is 4.98 Å². The minimum absolute atomic E-state index is 0.419. The Morgan fingerprint density at radius 3 is 2.31 bits per heavy atom. The summed E-state index contributed by atoms with van der Waals surface area (Å²) in [5.74, 6) is -6.55. The summed E-state index contributed by atoms with van der Waals surface area (Å²) in [6.45, 7) is 1.63. The second-order valence-corrected chi connectivity index (χ2v) is 3.24. The van der Waals surface area contributed by atoms with Crippen molar-refractivity contribution in [3.8, 4) is 5.69 Å². The number of aryl methyl sites for hydroxylation is 1. The fourth-order valence-electron chi connectivity index (χ4n) is 1.30. The van der Waals surface area contributed by atoms with Crippen molar-refractivity contribution < 1.29 is 17.6 Å². The van der Waals surface area contributed by atoms with Crippen LogP contribution in [0.3, 0.4) is 0 Å². The SMILES string of the molecule is Cc1cn(-c2cc(F)c(F)c(F)c2F)cn1. The van der Waals surface area contributed by atoms with E-state index < -0.39 is 29.0 Å². The molecule has 6 heteroatoms. The van der Waals surface area contributed by atoms with Gasteiger partial charge in [-0.1, -0.05) is 0 Å². The highest BCUT2D eigenvalue weighted by molar-refractivity contribution is 5.36. The van der Waals surface area contributed by atoms with Gasteiger partial charge in [-0.2, -0.15) is 0 Å². The number of halogens is 4. The van der Waals surface area contributed by atoms with Gasteiger partial charge in [-0.05, 0) is 6.92 Å². The Morgan fingerprint density at radius 2 is 1.75 bits per heavy atom. The van der Waals surface area contributed by atoms with E-state index in [-0.39, 0.29) is 0 Å². The Kier molecular flexibility index (Phi) is 2.41. The van der Waals surface area contributed by atoms with E-state index in [1.807, 2.05) is 0 Å². The summed E-state index contributed by atoms with van der Waals surface area (Å²) < 4.78 is 52.9. The van der Waals surface area contributed by atoms with E-state index in [1.54, 1.807) is 6.92 Å². The lowest BCUT2D eigenvalue weighted by Gasteiger charge is -2.05. The van der Waals surface area contributed by atoms with Gasteiger partial charge in [-0.3, -0.25) is 0 Å². The van der Waals surface area contributed by atoms with E-state index in [0.29, 0.717) is 11.8 Å². The monoisotopic (exact) mass is 230 g/mol. The lowest BCUT2D eigenvalue weighted by atomic mass is 10.2. The molecule has 84 valence electrons. The Hall–Kier alpha value is -1.85. The van der Waals surface area contributed by atoms with E-state index in [0.717, 1.165) is 4.57 Å². The molecule has 0 aliphatic heterocycles. The summed E-state index contributed by atoms with van der Waals surface area (Å²) >= 11 is 0. The summed E-state index contributed by atoms with van der Waals surface area (Å²) in [7, 11) is 0. The van der Waals surface area contributed by atoms with Crippen molar-refractivity contribution in [2.45, 2.75) is 6.92 Å². The standard InChI is InChI=1S/C10H6F4N2/c1-5-3-16(4-15-5)7-2-6(11)8(12)10(14)9(7)13/h2-4H,1H3. The van der Waals surface area contributed by atoms with Crippen LogP contribution in [-0.4, -0.2) is 9.55 Å². The van der Waals surface area contributed by atoms with Gasteiger partial charge < -0.3 is 4.57 Å². The molecule has 0 saturated carbocycles. The summed E-state index contributed by atoms with van der Waals surface area (Å²) in [5, 5.41) is 0. The maximum atomic E-state index is 13.3. The Bertz CT molecular complexity index is 548. The molecule has 0 N–H and O–H groups in total. The van der Waals surface area contributed by atoms with Crippen LogP contribution in [0.2, 0.25) is 0 Å². The van der Waals surface area contributed by atoms with Crippen LogP contribution in [0.25, 0.3) is 5.69 Å². The summed E-state index contributed by atoms with van der Waals surface area (Å²) in [5.41, 5.74) is 0.126. The van der Waals surface area contributed by atoms with Gasteiger partial charge >= 0.3 is 0 Å². The average molecular weight is 230 g/mol. The summed E-state index contributed by atoms with van der Waals surface area (Å²) in [6.07, 6.45) is 2.56. The van der Waals surface area contributed by atoms with Crippen LogP contribution in [0.1, 0.15) is 5.69 Å². The summed E-state index contributed by atoms with van der Waals surface area (Å²) in [4.78, 5) is 3.77. The van der Waals surface area contributed by atoms with Crippen LogP contribution in [0.4, 0.5) is 17.6 Å². The largest absolute Gasteiger partial charge is 0.303 e. The second kappa shape index (κ2) is 3.62. The molecule has 0 amide bonds. The maximum absolute atomic E-state index is 13.3. The molecule has 1 aromatic carbocycles. The van der Waals surface area contributed by atoms with Crippen LogP contribution in [0.5, 0.6) is 0 Å². The Morgan fingerprint density at radius 1 is 1.06 bits per heavy atom. The van der Waals surface area contributed by atoms with E-state index in [4.69, 9.17) is 0 Å². The summed E-state index contributed by atoms with van der Waals surface area (Å²) in [6, 6.07) is 0.578. The number of nitrogens with zero attached hydrogens (tertiary/aromatic N) is 2. The molecule has 0 fully saturated rings. The highest BCUT2D eigenvalue weighted by Crippen LogP contribution is 2.21. The zero-order valence-corrected chi connectivity index (χ0v) is 8.14. The molecule has 0 aliphatic carbocycles. The van der Waals surface area contributed by atoms with Crippen molar-refractivity contribution in [3.63, 3.8) is 0 Å².